The van der Waals surface area contributed by atoms with E-state index < -0.39 is 0 Å². The molecule has 5 nitrogen and oxygen atoms in total. The maximum atomic E-state index is 13.5. The van der Waals surface area contributed by atoms with Crippen molar-refractivity contribution in [2.75, 3.05) is 19.6 Å². The first kappa shape index (κ1) is 25.1. The molecule has 0 bridgehead atoms. The minimum Gasteiger partial charge on any atom is -0.455 e. The lowest BCUT2D eigenvalue weighted by Gasteiger charge is -2.25. The highest BCUT2D eigenvalue weighted by Gasteiger charge is 2.17. The predicted octanol–water partition coefficient (Wildman–Crippen LogP) is 5.07. The lowest BCUT2D eigenvalue weighted by molar-refractivity contribution is 0.0903. The van der Waals surface area contributed by atoms with Crippen LogP contribution in [-0.2, 0) is 13.1 Å². The van der Waals surface area contributed by atoms with Crippen LogP contribution in [0.25, 0.3) is 0 Å². The largest absolute Gasteiger partial charge is 0.455 e. The van der Waals surface area contributed by atoms with Gasteiger partial charge in [0.15, 0.2) is 5.76 Å². The topological polar surface area (TPSA) is 48.7 Å². The van der Waals surface area contributed by atoms with Gasteiger partial charge in [0.2, 0.25) is 0 Å². The standard InChI is InChI=1S/C25H38FN3O2/c1-6-28(7-2)15-9-10-20(5)27-25(30)24-14-13-23(31-24)18-29(19(3)4)17-21-11-8-12-22(26)16-21/h8,11-14,16,19-20H,6-7,9-10,15,17-18H2,1-5H3,(H,27,30)/t20-/m1/s1. The van der Waals surface area contributed by atoms with E-state index in [1.165, 1.54) is 6.07 Å². The average Bonchev–Trinajstić information content (AvgIpc) is 3.19. The van der Waals surface area contributed by atoms with Crippen molar-refractivity contribution < 1.29 is 13.6 Å². The molecule has 1 aromatic carbocycles. The van der Waals surface area contributed by atoms with Gasteiger partial charge in [-0.3, -0.25) is 9.69 Å². The number of amides is 1. The van der Waals surface area contributed by atoms with Gasteiger partial charge >= 0.3 is 0 Å². The minimum atomic E-state index is -0.232. The first-order valence-electron chi connectivity index (χ1n) is 11.4. The molecule has 172 valence electrons. The molecular formula is C25H38FN3O2. The van der Waals surface area contributed by atoms with Crippen molar-refractivity contribution in [1.29, 1.82) is 0 Å². The Hall–Kier alpha value is -2.18. The zero-order valence-corrected chi connectivity index (χ0v) is 19.7. The van der Waals surface area contributed by atoms with Gasteiger partial charge in [0, 0.05) is 18.6 Å². The highest BCUT2D eigenvalue weighted by Crippen LogP contribution is 2.16. The molecule has 0 radical (unpaired) electrons. The monoisotopic (exact) mass is 431 g/mol. The van der Waals surface area contributed by atoms with Crippen LogP contribution in [0.15, 0.2) is 40.8 Å². The molecule has 0 aliphatic heterocycles. The number of furan rings is 1. The van der Waals surface area contributed by atoms with Crippen molar-refractivity contribution >= 4 is 5.91 Å². The molecule has 0 saturated heterocycles. The molecule has 31 heavy (non-hydrogen) atoms. The second-order valence-corrected chi connectivity index (χ2v) is 8.44. The summed E-state index contributed by atoms with van der Waals surface area (Å²) in [6, 6.07) is 10.6. The number of benzene rings is 1. The Balaban J connectivity index is 1.88. The Morgan fingerprint density at radius 3 is 2.48 bits per heavy atom. The van der Waals surface area contributed by atoms with Crippen LogP contribution < -0.4 is 5.32 Å². The molecule has 6 heteroatoms. The fourth-order valence-corrected chi connectivity index (χ4v) is 3.60. The summed E-state index contributed by atoms with van der Waals surface area (Å²) in [4.78, 5) is 17.1. The van der Waals surface area contributed by atoms with Crippen molar-refractivity contribution in [1.82, 2.24) is 15.1 Å². The predicted molar refractivity (Wildman–Crippen MR) is 123 cm³/mol. The van der Waals surface area contributed by atoms with Crippen LogP contribution in [0.3, 0.4) is 0 Å². The highest BCUT2D eigenvalue weighted by atomic mass is 19.1. The number of carbonyl (C=O) groups is 1. The zero-order chi connectivity index (χ0) is 22.8. The van der Waals surface area contributed by atoms with E-state index in [1.807, 2.05) is 19.1 Å². The molecular weight excluding hydrogens is 393 g/mol. The van der Waals surface area contributed by atoms with Gasteiger partial charge in [-0.15, -0.1) is 0 Å². The number of nitrogens with one attached hydrogen (secondary N) is 1. The molecule has 1 N–H and O–H groups in total. The Labute approximate surface area is 186 Å². The third kappa shape index (κ3) is 8.46. The molecule has 0 spiro atoms. The quantitative estimate of drug-likeness (QED) is 0.481. The molecule has 1 atom stereocenters. The lowest BCUT2D eigenvalue weighted by atomic mass is 10.1. The second kappa shape index (κ2) is 12.6. The van der Waals surface area contributed by atoms with E-state index in [4.69, 9.17) is 4.42 Å². The van der Waals surface area contributed by atoms with Crippen LogP contribution >= 0.6 is 0 Å². The molecule has 2 aromatic rings. The Morgan fingerprint density at radius 2 is 1.84 bits per heavy atom. The van der Waals surface area contributed by atoms with Crippen molar-refractivity contribution in [3.8, 4) is 0 Å². The third-order valence-electron chi connectivity index (χ3n) is 5.63. The van der Waals surface area contributed by atoms with E-state index in [0.717, 1.165) is 43.8 Å². The molecule has 1 heterocycles. The highest BCUT2D eigenvalue weighted by molar-refractivity contribution is 5.91. The summed E-state index contributed by atoms with van der Waals surface area (Å²) < 4.78 is 19.3. The van der Waals surface area contributed by atoms with Gasteiger partial charge in [-0.1, -0.05) is 26.0 Å². The minimum absolute atomic E-state index is 0.0942. The summed E-state index contributed by atoms with van der Waals surface area (Å²) >= 11 is 0. The maximum absolute atomic E-state index is 13.5. The number of hydrogen-bond acceptors (Lipinski definition) is 4. The summed E-state index contributed by atoms with van der Waals surface area (Å²) in [6.07, 6.45) is 1.99. The van der Waals surface area contributed by atoms with Gasteiger partial charge in [-0.25, -0.2) is 4.39 Å². The number of carbonyl (C=O) groups excluding carboxylic acids is 1. The second-order valence-electron chi connectivity index (χ2n) is 8.44. The number of rotatable bonds is 13. The van der Waals surface area contributed by atoms with Crippen LogP contribution in [0.5, 0.6) is 0 Å². The van der Waals surface area contributed by atoms with Crippen molar-refractivity contribution in [2.45, 2.75) is 72.6 Å². The van der Waals surface area contributed by atoms with E-state index in [0.29, 0.717) is 18.8 Å². The van der Waals surface area contributed by atoms with Gasteiger partial charge in [-0.05, 0) is 83.1 Å². The molecule has 1 amide bonds. The molecule has 0 unspecified atom stereocenters. The van der Waals surface area contributed by atoms with E-state index in [-0.39, 0.29) is 23.8 Å². The van der Waals surface area contributed by atoms with Gasteiger partial charge in [-0.2, -0.15) is 0 Å². The van der Waals surface area contributed by atoms with E-state index >= 15 is 0 Å². The Bertz CT molecular complexity index is 802. The van der Waals surface area contributed by atoms with Crippen molar-refractivity contribution in [3.63, 3.8) is 0 Å². The zero-order valence-electron chi connectivity index (χ0n) is 19.7. The average molecular weight is 432 g/mol. The molecule has 1 aromatic heterocycles. The van der Waals surface area contributed by atoms with Crippen molar-refractivity contribution in [3.05, 3.63) is 59.3 Å². The lowest BCUT2D eigenvalue weighted by Crippen LogP contribution is -2.33. The molecule has 0 aliphatic rings. The number of halogens is 1. The summed E-state index contributed by atoms with van der Waals surface area (Å²) in [5, 5.41) is 3.03. The molecule has 0 aliphatic carbocycles. The summed E-state index contributed by atoms with van der Waals surface area (Å²) in [5.41, 5.74) is 0.914. The van der Waals surface area contributed by atoms with Crippen LogP contribution in [0.2, 0.25) is 0 Å². The smallest absolute Gasteiger partial charge is 0.287 e. The van der Waals surface area contributed by atoms with Crippen LogP contribution in [0.4, 0.5) is 4.39 Å². The fourth-order valence-electron chi connectivity index (χ4n) is 3.60. The summed E-state index contributed by atoms with van der Waals surface area (Å²) in [5.74, 6) is 0.650. The van der Waals surface area contributed by atoms with Crippen LogP contribution in [0, 0.1) is 5.82 Å². The normalized spacial score (nSPS) is 12.7. The number of hydrogen-bond donors (Lipinski definition) is 1. The summed E-state index contributed by atoms with van der Waals surface area (Å²) in [6.45, 7) is 14.9. The van der Waals surface area contributed by atoms with Gasteiger partial charge in [0.25, 0.3) is 5.91 Å². The molecule has 0 saturated carbocycles. The van der Waals surface area contributed by atoms with Crippen LogP contribution in [0.1, 0.15) is 69.3 Å². The summed E-state index contributed by atoms with van der Waals surface area (Å²) in [7, 11) is 0. The Morgan fingerprint density at radius 1 is 1.10 bits per heavy atom. The van der Waals surface area contributed by atoms with Gasteiger partial charge < -0.3 is 14.6 Å². The van der Waals surface area contributed by atoms with E-state index in [1.54, 1.807) is 18.2 Å². The van der Waals surface area contributed by atoms with Crippen molar-refractivity contribution in [2.24, 2.45) is 0 Å². The first-order valence-corrected chi connectivity index (χ1v) is 11.4. The van der Waals surface area contributed by atoms with E-state index in [2.05, 4.69) is 42.8 Å². The molecule has 2 rings (SSSR count). The third-order valence-corrected chi connectivity index (χ3v) is 5.63. The fraction of sp³-hybridized carbons (Fsp3) is 0.560. The SMILES string of the molecule is CCN(CC)CCC[C@@H](C)NC(=O)c1ccc(CN(Cc2cccc(F)c2)C(C)C)o1. The Kier molecular flexibility index (Phi) is 10.2. The van der Waals surface area contributed by atoms with E-state index in [9.17, 15) is 9.18 Å². The molecule has 0 fully saturated rings. The van der Waals surface area contributed by atoms with Gasteiger partial charge in [0.05, 0.1) is 6.54 Å². The van der Waals surface area contributed by atoms with Crippen LogP contribution in [-0.4, -0.2) is 47.4 Å². The maximum Gasteiger partial charge on any atom is 0.287 e. The number of nitrogens with zero attached hydrogens (tertiary/aromatic N) is 2. The van der Waals surface area contributed by atoms with Gasteiger partial charge in [0.1, 0.15) is 11.6 Å². The first-order chi connectivity index (χ1) is 14.8.